The summed E-state index contributed by atoms with van der Waals surface area (Å²) in [6, 6.07) is 7.49. The molecule has 2 atom stereocenters. The predicted octanol–water partition coefficient (Wildman–Crippen LogP) is 4.57. The van der Waals surface area contributed by atoms with Gasteiger partial charge in [0, 0.05) is 6.42 Å². The number of halogens is 4. The first-order valence-electron chi connectivity index (χ1n) is 10.1. The fraction of sp³-hybridized carbons (Fsp3) is 0.318. The Balaban J connectivity index is 1.60. The highest BCUT2D eigenvalue weighted by Crippen LogP contribution is 2.44. The van der Waals surface area contributed by atoms with Crippen LogP contribution in [-0.2, 0) is 13.0 Å². The standard InChI is InChI=1S/C22H21F4N5O/c1-2-13-3-5-14(6-4-13)18-9-19(22(24,25)26)31-20(30-18)17(12-29-31)21(32)28-11-16-8-7-15(23)10-27-16/h3-8,10,12,18-19,30H,2,9,11H2,1H3,(H,28,32)/t18-,19+/m1/s1. The van der Waals surface area contributed by atoms with Crippen molar-refractivity contribution in [1.29, 1.82) is 0 Å². The molecule has 3 aromatic rings. The van der Waals surface area contributed by atoms with Gasteiger partial charge >= 0.3 is 6.18 Å². The van der Waals surface area contributed by atoms with Gasteiger partial charge in [0.25, 0.3) is 5.91 Å². The SMILES string of the molecule is CCc1ccc([C@H]2C[C@@H](C(F)(F)F)n3ncc(C(=O)NCc4ccc(F)cn4)c3N2)cc1. The monoisotopic (exact) mass is 447 g/mol. The van der Waals surface area contributed by atoms with E-state index in [0.29, 0.717) is 11.3 Å². The van der Waals surface area contributed by atoms with Crippen molar-refractivity contribution in [2.24, 2.45) is 0 Å². The van der Waals surface area contributed by atoms with E-state index in [9.17, 15) is 22.4 Å². The number of aryl methyl sites for hydroxylation is 1. The Morgan fingerprint density at radius 1 is 1.19 bits per heavy atom. The molecule has 0 spiro atoms. The minimum Gasteiger partial charge on any atom is -0.363 e. The molecule has 1 amide bonds. The van der Waals surface area contributed by atoms with Crippen molar-refractivity contribution in [3.63, 3.8) is 0 Å². The van der Waals surface area contributed by atoms with Crippen molar-refractivity contribution in [2.45, 2.75) is 44.6 Å². The molecule has 10 heteroatoms. The van der Waals surface area contributed by atoms with E-state index in [2.05, 4.69) is 20.7 Å². The molecule has 1 aromatic carbocycles. The molecule has 1 aliphatic rings. The summed E-state index contributed by atoms with van der Waals surface area (Å²) in [5.74, 6) is -1.10. The Kier molecular flexibility index (Phi) is 5.86. The van der Waals surface area contributed by atoms with E-state index in [1.807, 2.05) is 19.1 Å². The normalized spacial score (nSPS) is 18.0. The largest absolute Gasteiger partial charge is 0.410 e. The fourth-order valence-corrected chi connectivity index (χ4v) is 3.71. The van der Waals surface area contributed by atoms with Crippen molar-refractivity contribution in [2.75, 3.05) is 5.32 Å². The third kappa shape index (κ3) is 4.44. The van der Waals surface area contributed by atoms with Crippen LogP contribution in [0.25, 0.3) is 0 Å². The van der Waals surface area contributed by atoms with Gasteiger partial charge in [0.15, 0.2) is 6.04 Å². The van der Waals surface area contributed by atoms with Crippen LogP contribution in [0.2, 0.25) is 0 Å². The van der Waals surface area contributed by atoms with Gasteiger partial charge in [0.2, 0.25) is 0 Å². The zero-order valence-corrected chi connectivity index (χ0v) is 17.2. The van der Waals surface area contributed by atoms with Crippen molar-refractivity contribution in [3.8, 4) is 0 Å². The summed E-state index contributed by atoms with van der Waals surface area (Å²) in [4.78, 5) is 16.6. The van der Waals surface area contributed by atoms with Crippen molar-refractivity contribution >= 4 is 11.7 Å². The van der Waals surface area contributed by atoms with Gasteiger partial charge in [-0.3, -0.25) is 9.78 Å². The van der Waals surface area contributed by atoms with Crippen LogP contribution < -0.4 is 10.6 Å². The van der Waals surface area contributed by atoms with E-state index >= 15 is 0 Å². The van der Waals surface area contributed by atoms with Gasteiger partial charge in [-0.1, -0.05) is 31.2 Å². The van der Waals surface area contributed by atoms with Crippen LogP contribution in [0.3, 0.4) is 0 Å². The van der Waals surface area contributed by atoms with E-state index in [-0.39, 0.29) is 24.3 Å². The minimum atomic E-state index is -4.53. The highest BCUT2D eigenvalue weighted by Gasteiger charge is 2.47. The lowest BCUT2D eigenvalue weighted by Gasteiger charge is -2.34. The smallest absolute Gasteiger partial charge is 0.363 e. The van der Waals surface area contributed by atoms with Crippen LogP contribution in [0.1, 0.15) is 52.6 Å². The number of aromatic nitrogens is 3. The Labute approximate surface area is 181 Å². The van der Waals surface area contributed by atoms with Crippen LogP contribution >= 0.6 is 0 Å². The van der Waals surface area contributed by atoms with Gasteiger partial charge in [0.1, 0.15) is 17.2 Å². The lowest BCUT2D eigenvalue weighted by Crippen LogP contribution is -2.36. The molecule has 3 heterocycles. The number of pyridine rings is 1. The van der Waals surface area contributed by atoms with Gasteiger partial charge in [-0.15, -0.1) is 0 Å². The molecule has 0 radical (unpaired) electrons. The molecule has 6 nitrogen and oxygen atoms in total. The van der Waals surface area contributed by atoms with Crippen LogP contribution in [0.15, 0.2) is 48.8 Å². The van der Waals surface area contributed by atoms with Gasteiger partial charge in [0.05, 0.1) is 30.7 Å². The second-order valence-corrected chi connectivity index (χ2v) is 7.59. The number of amides is 1. The Bertz CT molecular complexity index is 1090. The number of carbonyl (C=O) groups excluding carboxylic acids is 1. The van der Waals surface area contributed by atoms with E-state index in [0.717, 1.165) is 29.1 Å². The minimum absolute atomic E-state index is 0.00348. The average molecular weight is 447 g/mol. The van der Waals surface area contributed by atoms with Gasteiger partial charge in [-0.25, -0.2) is 9.07 Å². The quantitative estimate of drug-likeness (QED) is 0.562. The summed E-state index contributed by atoms with van der Waals surface area (Å²) in [7, 11) is 0. The number of nitrogens with one attached hydrogen (secondary N) is 2. The number of nitrogens with zero attached hydrogens (tertiary/aromatic N) is 3. The Morgan fingerprint density at radius 2 is 1.94 bits per heavy atom. The average Bonchev–Trinajstić information content (AvgIpc) is 3.21. The molecule has 0 saturated heterocycles. The number of benzene rings is 1. The van der Waals surface area contributed by atoms with Crippen LogP contribution in [-0.4, -0.2) is 26.8 Å². The molecule has 2 N–H and O–H groups in total. The molecule has 2 aromatic heterocycles. The third-order valence-electron chi connectivity index (χ3n) is 5.49. The maximum atomic E-state index is 13.8. The first-order valence-corrected chi connectivity index (χ1v) is 10.1. The van der Waals surface area contributed by atoms with Gasteiger partial charge in [-0.2, -0.15) is 18.3 Å². The Morgan fingerprint density at radius 3 is 2.56 bits per heavy atom. The van der Waals surface area contributed by atoms with Crippen molar-refractivity contribution < 1.29 is 22.4 Å². The van der Waals surface area contributed by atoms with Crippen molar-refractivity contribution in [3.05, 3.63) is 77.0 Å². The zero-order valence-electron chi connectivity index (χ0n) is 17.2. The van der Waals surface area contributed by atoms with E-state index in [1.165, 1.54) is 12.1 Å². The molecule has 0 aliphatic carbocycles. The summed E-state index contributed by atoms with van der Waals surface area (Å²) in [6.45, 7) is 1.99. The molecular formula is C22H21F4N5O. The molecule has 1 aliphatic heterocycles. The van der Waals surface area contributed by atoms with Crippen LogP contribution in [0.4, 0.5) is 23.4 Å². The van der Waals surface area contributed by atoms with E-state index < -0.39 is 30.0 Å². The first-order chi connectivity index (χ1) is 15.3. The topological polar surface area (TPSA) is 71.8 Å². The molecule has 168 valence electrons. The summed E-state index contributed by atoms with van der Waals surface area (Å²) >= 11 is 0. The summed E-state index contributed by atoms with van der Waals surface area (Å²) in [5.41, 5.74) is 2.19. The zero-order chi connectivity index (χ0) is 22.9. The molecule has 0 saturated carbocycles. The maximum absolute atomic E-state index is 13.8. The third-order valence-corrected chi connectivity index (χ3v) is 5.49. The fourth-order valence-electron chi connectivity index (χ4n) is 3.71. The van der Waals surface area contributed by atoms with Gasteiger partial charge in [-0.05, 0) is 29.7 Å². The lowest BCUT2D eigenvalue weighted by atomic mass is 9.95. The highest BCUT2D eigenvalue weighted by atomic mass is 19.4. The Hall–Kier alpha value is -3.43. The number of anilines is 1. The number of fused-ring (bicyclic) bond motifs is 1. The molecule has 0 unspecified atom stereocenters. The number of hydrogen-bond acceptors (Lipinski definition) is 4. The lowest BCUT2D eigenvalue weighted by molar-refractivity contribution is -0.173. The first kappa shape index (κ1) is 21.8. The second kappa shape index (κ2) is 8.60. The number of rotatable bonds is 5. The summed E-state index contributed by atoms with van der Waals surface area (Å²) in [6.07, 6.45) is -1.81. The number of carbonyl (C=O) groups is 1. The molecular weight excluding hydrogens is 426 g/mol. The highest BCUT2D eigenvalue weighted by molar-refractivity contribution is 5.98. The van der Waals surface area contributed by atoms with Crippen LogP contribution in [0.5, 0.6) is 0 Å². The molecule has 0 bridgehead atoms. The summed E-state index contributed by atoms with van der Waals surface area (Å²) < 4.78 is 55.2. The van der Waals surface area contributed by atoms with Gasteiger partial charge < -0.3 is 10.6 Å². The number of alkyl halides is 3. The maximum Gasteiger partial charge on any atom is 0.410 e. The number of hydrogen-bond donors (Lipinski definition) is 2. The molecule has 32 heavy (non-hydrogen) atoms. The van der Waals surface area contributed by atoms with Crippen molar-refractivity contribution in [1.82, 2.24) is 20.1 Å². The van der Waals surface area contributed by atoms with Crippen LogP contribution in [0, 0.1) is 5.82 Å². The molecule has 4 rings (SSSR count). The molecule has 0 fully saturated rings. The predicted molar refractivity (Wildman–Crippen MR) is 109 cm³/mol. The van der Waals surface area contributed by atoms with E-state index in [1.54, 1.807) is 12.1 Å². The second-order valence-electron chi connectivity index (χ2n) is 7.59. The summed E-state index contributed by atoms with van der Waals surface area (Å²) in [5, 5.41) is 9.51. The van der Waals surface area contributed by atoms with E-state index in [4.69, 9.17) is 0 Å².